The molecule has 3 rings (SSSR count). The second-order valence-electron chi connectivity index (χ2n) is 6.58. The standard InChI is InChI=1S/C18H26N4OS/c1-5-6-9-15-12(2)20-22(14(15)4)18-19-13(3)16(24-18)17(23)21-10-7-8-11-21/h5-11H2,1-4H3. The number of carbonyl (C=O) groups excluding carboxylic acids is 1. The van der Waals surface area contributed by atoms with Crippen molar-refractivity contribution in [1.29, 1.82) is 0 Å². The van der Waals surface area contributed by atoms with Crippen molar-refractivity contribution >= 4 is 17.2 Å². The van der Waals surface area contributed by atoms with E-state index in [0.29, 0.717) is 0 Å². The summed E-state index contributed by atoms with van der Waals surface area (Å²) < 4.78 is 1.92. The number of nitrogens with zero attached hydrogens (tertiary/aromatic N) is 4. The maximum atomic E-state index is 12.7. The predicted molar refractivity (Wildman–Crippen MR) is 97.2 cm³/mol. The highest BCUT2D eigenvalue weighted by atomic mass is 32.1. The van der Waals surface area contributed by atoms with E-state index in [9.17, 15) is 4.79 Å². The van der Waals surface area contributed by atoms with Crippen LogP contribution in [0.15, 0.2) is 0 Å². The van der Waals surface area contributed by atoms with Gasteiger partial charge in [0.1, 0.15) is 4.88 Å². The number of aromatic nitrogens is 3. The molecule has 0 bridgehead atoms. The van der Waals surface area contributed by atoms with Crippen molar-refractivity contribution in [1.82, 2.24) is 19.7 Å². The third kappa shape index (κ3) is 3.11. The van der Waals surface area contributed by atoms with Crippen LogP contribution >= 0.6 is 11.3 Å². The smallest absolute Gasteiger partial charge is 0.265 e. The molecule has 0 spiro atoms. The number of carbonyl (C=O) groups is 1. The molecule has 6 heteroatoms. The summed E-state index contributed by atoms with van der Waals surface area (Å²) in [7, 11) is 0. The van der Waals surface area contributed by atoms with Crippen LogP contribution in [0.4, 0.5) is 0 Å². The van der Waals surface area contributed by atoms with Crippen LogP contribution in [-0.2, 0) is 6.42 Å². The summed E-state index contributed by atoms with van der Waals surface area (Å²) in [6.45, 7) is 10.0. The Bertz CT molecular complexity index is 741. The molecule has 5 nitrogen and oxygen atoms in total. The summed E-state index contributed by atoms with van der Waals surface area (Å²) in [5.41, 5.74) is 4.35. The first-order valence-electron chi connectivity index (χ1n) is 8.85. The monoisotopic (exact) mass is 346 g/mol. The average Bonchev–Trinajstić information content (AvgIpc) is 3.26. The summed E-state index contributed by atoms with van der Waals surface area (Å²) in [4.78, 5) is 20.0. The number of unbranched alkanes of at least 4 members (excludes halogenated alkanes) is 1. The molecule has 24 heavy (non-hydrogen) atoms. The van der Waals surface area contributed by atoms with Crippen molar-refractivity contribution in [2.24, 2.45) is 0 Å². The van der Waals surface area contributed by atoms with Gasteiger partial charge in [0, 0.05) is 18.8 Å². The van der Waals surface area contributed by atoms with Gasteiger partial charge < -0.3 is 4.90 Å². The fourth-order valence-electron chi connectivity index (χ4n) is 3.31. The van der Waals surface area contributed by atoms with Crippen LogP contribution in [0.25, 0.3) is 5.13 Å². The van der Waals surface area contributed by atoms with Crippen molar-refractivity contribution in [3.8, 4) is 5.13 Å². The van der Waals surface area contributed by atoms with Crippen molar-refractivity contribution in [2.45, 2.75) is 59.8 Å². The van der Waals surface area contributed by atoms with Gasteiger partial charge in [-0.25, -0.2) is 9.67 Å². The number of likely N-dealkylation sites (tertiary alicyclic amines) is 1. The van der Waals surface area contributed by atoms with Crippen LogP contribution in [0, 0.1) is 20.8 Å². The lowest BCUT2D eigenvalue weighted by Gasteiger charge is -2.13. The molecule has 0 aromatic carbocycles. The summed E-state index contributed by atoms with van der Waals surface area (Å²) >= 11 is 1.47. The van der Waals surface area contributed by atoms with Gasteiger partial charge in [0.05, 0.1) is 11.4 Å². The van der Waals surface area contributed by atoms with E-state index in [4.69, 9.17) is 0 Å². The normalized spacial score (nSPS) is 14.6. The summed E-state index contributed by atoms with van der Waals surface area (Å²) in [6.07, 6.45) is 5.61. The first-order valence-corrected chi connectivity index (χ1v) is 9.66. The van der Waals surface area contributed by atoms with Crippen molar-refractivity contribution in [3.63, 3.8) is 0 Å². The van der Waals surface area contributed by atoms with Gasteiger partial charge in [-0.1, -0.05) is 24.7 Å². The quantitative estimate of drug-likeness (QED) is 0.827. The van der Waals surface area contributed by atoms with E-state index in [1.54, 1.807) is 0 Å². The SMILES string of the molecule is CCCCc1c(C)nn(-c2nc(C)c(C(=O)N3CCCC3)s2)c1C. The molecule has 1 fully saturated rings. The number of rotatable bonds is 5. The fraction of sp³-hybridized carbons (Fsp3) is 0.611. The Balaban J connectivity index is 1.91. The highest BCUT2D eigenvalue weighted by molar-refractivity contribution is 7.16. The minimum absolute atomic E-state index is 0.126. The number of thiazole rings is 1. The second-order valence-corrected chi connectivity index (χ2v) is 7.55. The molecule has 1 saturated heterocycles. The molecule has 0 radical (unpaired) electrons. The number of hydrogen-bond donors (Lipinski definition) is 0. The van der Waals surface area contributed by atoms with Crippen molar-refractivity contribution in [3.05, 3.63) is 27.5 Å². The number of aryl methyl sites for hydroxylation is 2. The maximum Gasteiger partial charge on any atom is 0.265 e. The van der Waals surface area contributed by atoms with E-state index in [2.05, 4.69) is 30.9 Å². The molecule has 0 saturated carbocycles. The average molecular weight is 347 g/mol. The molecule has 0 unspecified atom stereocenters. The van der Waals surface area contributed by atoms with E-state index in [-0.39, 0.29) is 5.91 Å². The molecule has 130 valence electrons. The van der Waals surface area contributed by atoms with Gasteiger partial charge in [0.15, 0.2) is 0 Å². The molecule has 1 aliphatic heterocycles. The van der Waals surface area contributed by atoms with Gasteiger partial charge in [0.25, 0.3) is 5.91 Å². The lowest BCUT2D eigenvalue weighted by atomic mass is 10.1. The number of amides is 1. The van der Waals surface area contributed by atoms with E-state index in [1.807, 2.05) is 16.5 Å². The van der Waals surface area contributed by atoms with E-state index >= 15 is 0 Å². The van der Waals surface area contributed by atoms with Crippen LogP contribution in [0.2, 0.25) is 0 Å². The fourth-order valence-corrected chi connectivity index (χ4v) is 4.35. The molecule has 0 aliphatic carbocycles. The third-order valence-corrected chi connectivity index (χ3v) is 5.90. The van der Waals surface area contributed by atoms with E-state index in [0.717, 1.165) is 59.4 Å². The van der Waals surface area contributed by atoms with E-state index in [1.165, 1.54) is 29.7 Å². The zero-order valence-corrected chi connectivity index (χ0v) is 15.9. The van der Waals surface area contributed by atoms with Crippen LogP contribution in [0.3, 0.4) is 0 Å². The minimum atomic E-state index is 0.126. The molecule has 2 aromatic heterocycles. The maximum absolute atomic E-state index is 12.7. The molecule has 1 aliphatic rings. The second kappa shape index (κ2) is 7.05. The van der Waals surface area contributed by atoms with Crippen molar-refractivity contribution in [2.75, 3.05) is 13.1 Å². The Hall–Kier alpha value is -1.69. The summed E-state index contributed by atoms with van der Waals surface area (Å²) in [5, 5.41) is 5.49. The molecule has 2 aromatic rings. The summed E-state index contributed by atoms with van der Waals surface area (Å²) in [5.74, 6) is 0.126. The van der Waals surface area contributed by atoms with Crippen molar-refractivity contribution < 1.29 is 4.79 Å². The first kappa shape index (κ1) is 17.1. The third-order valence-electron chi connectivity index (χ3n) is 4.78. The van der Waals surface area contributed by atoms with Gasteiger partial charge in [-0.2, -0.15) is 5.10 Å². The zero-order valence-electron chi connectivity index (χ0n) is 15.1. The largest absolute Gasteiger partial charge is 0.338 e. The van der Waals surface area contributed by atoms with Crippen LogP contribution in [0.1, 0.15) is 64.9 Å². The number of hydrogen-bond acceptors (Lipinski definition) is 4. The van der Waals surface area contributed by atoms with Gasteiger partial charge >= 0.3 is 0 Å². The summed E-state index contributed by atoms with van der Waals surface area (Å²) in [6, 6.07) is 0. The lowest BCUT2D eigenvalue weighted by Crippen LogP contribution is -2.27. The Morgan fingerprint density at radius 1 is 1.17 bits per heavy atom. The Morgan fingerprint density at radius 3 is 2.54 bits per heavy atom. The zero-order chi connectivity index (χ0) is 17.3. The highest BCUT2D eigenvalue weighted by Crippen LogP contribution is 2.27. The van der Waals surface area contributed by atoms with Crippen LogP contribution < -0.4 is 0 Å². The molecular weight excluding hydrogens is 320 g/mol. The topological polar surface area (TPSA) is 51.0 Å². The van der Waals surface area contributed by atoms with Gasteiger partial charge in [-0.05, 0) is 52.0 Å². The predicted octanol–water partition coefficient (Wildman–Crippen LogP) is 3.83. The molecule has 3 heterocycles. The Labute approximate surface area is 147 Å². The minimum Gasteiger partial charge on any atom is -0.338 e. The van der Waals surface area contributed by atoms with Gasteiger partial charge in [0.2, 0.25) is 5.13 Å². The molecule has 1 amide bonds. The Morgan fingerprint density at radius 2 is 1.88 bits per heavy atom. The van der Waals surface area contributed by atoms with Gasteiger partial charge in [-0.15, -0.1) is 0 Å². The van der Waals surface area contributed by atoms with Gasteiger partial charge in [-0.3, -0.25) is 4.79 Å². The first-order chi connectivity index (χ1) is 11.5. The van der Waals surface area contributed by atoms with Crippen LogP contribution in [-0.4, -0.2) is 38.7 Å². The Kier molecular flexibility index (Phi) is 5.04. The molecule has 0 N–H and O–H groups in total. The lowest BCUT2D eigenvalue weighted by molar-refractivity contribution is 0.0796. The molecule has 0 atom stereocenters. The van der Waals surface area contributed by atoms with Crippen LogP contribution in [0.5, 0.6) is 0 Å². The van der Waals surface area contributed by atoms with E-state index < -0.39 is 0 Å². The molecular formula is C18H26N4OS. The highest BCUT2D eigenvalue weighted by Gasteiger charge is 2.25.